The third-order valence-electron chi connectivity index (χ3n) is 5.60. The van der Waals surface area contributed by atoms with Gasteiger partial charge in [0.25, 0.3) is 0 Å². The van der Waals surface area contributed by atoms with Gasteiger partial charge in [0.15, 0.2) is 0 Å². The lowest BCUT2D eigenvalue weighted by molar-refractivity contribution is 0.123. The fourth-order valence-corrected chi connectivity index (χ4v) is 3.94. The van der Waals surface area contributed by atoms with Gasteiger partial charge in [-0.3, -0.25) is 4.98 Å². The Morgan fingerprint density at radius 1 is 1.00 bits per heavy atom. The summed E-state index contributed by atoms with van der Waals surface area (Å²) in [7, 11) is 1.70. The van der Waals surface area contributed by atoms with E-state index in [1.807, 2.05) is 30.3 Å². The maximum Gasteiger partial charge on any atom is 0.223 e. The van der Waals surface area contributed by atoms with Gasteiger partial charge >= 0.3 is 0 Å². The van der Waals surface area contributed by atoms with E-state index in [9.17, 15) is 0 Å². The summed E-state index contributed by atoms with van der Waals surface area (Å²) in [5.74, 6) is 1.43. The van der Waals surface area contributed by atoms with Crippen molar-refractivity contribution >= 4 is 22.4 Å². The first kappa shape index (κ1) is 20.2. The molecule has 32 heavy (non-hydrogen) atoms. The van der Waals surface area contributed by atoms with Gasteiger partial charge in [0.2, 0.25) is 5.95 Å². The van der Waals surface area contributed by atoms with Crippen LogP contribution < -0.4 is 15.0 Å². The second-order valence-electron chi connectivity index (χ2n) is 7.62. The number of nitrogens with zero attached hydrogens (tertiary/aromatic N) is 4. The molecule has 162 valence electrons. The van der Waals surface area contributed by atoms with E-state index in [0.29, 0.717) is 12.5 Å². The van der Waals surface area contributed by atoms with Crippen molar-refractivity contribution in [3.05, 3.63) is 72.7 Å². The van der Waals surface area contributed by atoms with Gasteiger partial charge in [-0.15, -0.1) is 0 Å². The minimum Gasteiger partial charge on any atom is -0.497 e. The highest BCUT2D eigenvalue weighted by atomic mass is 16.5. The smallest absolute Gasteiger partial charge is 0.223 e. The molecule has 0 unspecified atom stereocenters. The molecule has 2 aromatic carbocycles. The SMILES string of the molecule is COc1ccc2cc(-c3ccnc(NCc4ccccn4)n3)cc(N3CCOCC3)c2c1. The lowest BCUT2D eigenvalue weighted by Gasteiger charge is -2.30. The quantitative estimate of drug-likeness (QED) is 0.496. The largest absolute Gasteiger partial charge is 0.497 e. The van der Waals surface area contributed by atoms with Crippen molar-refractivity contribution in [2.24, 2.45) is 0 Å². The van der Waals surface area contributed by atoms with Crippen molar-refractivity contribution < 1.29 is 9.47 Å². The Kier molecular flexibility index (Phi) is 5.81. The molecular weight excluding hydrogens is 402 g/mol. The van der Waals surface area contributed by atoms with Crippen molar-refractivity contribution in [1.29, 1.82) is 0 Å². The molecule has 0 radical (unpaired) electrons. The molecule has 1 aliphatic rings. The van der Waals surface area contributed by atoms with Gasteiger partial charge in [-0.2, -0.15) is 0 Å². The molecule has 0 saturated carbocycles. The number of hydrogen-bond donors (Lipinski definition) is 1. The van der Waals surface area contributed by atoms with Crippen LogP contribution in [0.25, 0.3) is 22.0 Å². The molecule has 2 aromatic heterocycles. The number of morpholine rings is 1. The number of pyridine rings is 1. The molecule has 7 nitrogen and oxygen atoms in total. The van der Waals surface area contributed by atoms with E-state index < -0.39 is 0 Å². The molecule has 0 atom stereocenters. The van der Waals surface area contributed by atoms with Crippen LogP contribution in [0, 0.1) is 0 Å². The van der Waals surface area contributed by atoms with Crippen molar-refractivity contribution in [1.82, 2.24) is 15.0 Å². The van der Waals surface area contributed by atoms with Crippen LogP contribution in [0.4, 0.5) is 11.6 Å². The van der Waals surface area contributed by atoms with Crippen molar-refractivity contribution in [2.45, 2.75) is 6.54 Å². The summed E-state index contributed by atoms with van der Waals surface area (Å²) in [6.07, 6.45) is 3.57. The van der Waals surface area contributed by atoms with Gasteiger partial charge in [0.05, 0.1) is 38.3 Å². The van der Waals surface area contributed by atoms with Crippen LogP contribution >= 0.6 is 0 Å². The number of methoxy groups -OCH3 is 1. The molecule has 7 heteroatoms. The van der Waals surface area contributed by atoms with E-state index in [1.165, 1.54) is 5.69 Å². The molecule has 1 fully saturated rings. The zero-order valence-corrected chi connectivity index (χ0v) is 18.0. The van der Waals surface area contributed by atoms with Gasteiger partial charge in [-0.1, -0.05) is 12.1 Å². The summed E-state index contributed by atoms with van der Waals surface area (Å²) in [6.45, 7) is 3.74. The lowest BCUT2D eigenvalue weighted by Crippen LogP contribution is -2.36. The Balaban J connectivity index is 1.51. The highest BCUT2D eigenvalue weighted by Crippen LogP contribution is 2.35. The fourth-order valence-electron chi connectivity index (χ4n) is 3.94. The molecule has 1 N–H and O–H groups in total. The summed E-state index contributed by atoms with van der Waals surface area (Å²) in [5.41, 5.74) is 4.03. The van der Waals surface area contributed by atoms with Crippen molar-refractivity contribution in [3.63, 3.8) is 0 Å². The molecule has 1 saturated heterocycles. The first-order valence-corrected chi connectivity index (χ1v) is 10.7. The van der Waals surface area contributed by atoms with Crippen LogP contribution in [-0.2, 0) is 11.3 Å². The van der Waals surface area contributed by atoms with Crippen LogP contribution in [0.3, 0.4) is 0 Å². The molecule has 3 heterocycles. The third-order valence-corrected chi connectivity index (χ3v) is 5.60. The number of benzene rings is 2. The van der Waals surface area contributed by atoms with E-state index in [4.69, 9.17) is 14.5 Å². The third kappa shape index (κ3) is 4.33. The minimum atomic E-state index is 0.570. The second kappa shape index (κ2) is 9.20. The van der Waals surface area contributed by atoms with Gasteiger partial charge in [0, 0.05) is 42.1 Å². The van der Waals surface area contributed by atoms with Gasteiger partial charge < -0.3 is 19.7 Å². The minimum absolute atomic E-state index is 0.570. The van der Waals surface area contributed by atoms with Crippen LogP contribution in [-0.4, -0.2) is 48.4 Å². The molecule has 0 spiro atoms. The summed E-state index contributed by atoms with van der Waals surface area (Å²) in [6, 6.07) is 18.4. The summed E-state index contributed by atoms with van der Waals surface area (Å²) < 4.78 is 11.1. The highest BCUT2D eigenvalue weighted by Gasteiger charge is 2.17. The van der Waals surface area contributed by atoms with Gasteiger partial charge in [-0.05, 0) is 47.9 Å². The predicted molar refractivity (Wildman–Crippen MR) is 126 cm³/mol. The summed E-state index contributed by atoms with van der Waals surface area (Å²) >= 11 is 0. The fraction of sp³-hybridized carbons (Fsp3) is 0.240. The zero-order valence-electron chi connectivity index (χ0n) is 18.0. The Morgan fingerprint density at radius 3 is 2.72 bits per heavy atom. The lowest BCUT2D eigenvalue weighted by atomic mass is 10.0. The average Bonchev–Trinajstić information content (AvgIpc) is 2.88. The number of aromatic nitrogens is 3. The van der Waals surface area contributed by atoms with E-state index >= 15 is 0 Å². The van der Waals surface area contributed by atoms with E-state index in [2.05, 4.69) is 44.5 Å². The number of rotatable bonds is 6. The standard InChI is InChI=1S/C25H25N5O2/c1-31-21-6-5-18-14-19(15-24(22(18)16-21)30-10-12-32-13-11-30)23-7-9-27-25(29-23)28-17-20-4-2-3-8-26-20/h2-9,14-16H,10-13,17H2,1H3,(H,27,28,29). The molecule has 5 rings (SSSR count). The number of anilines is 2. The maximum absolute atomic E-state index is 5.57. The van der Waals surface area contributed by atoms with Crippen LogP contribution in [0.2, 0.25) is 0 Å². The zero-order chi connectivity index (χ0) is 21.8. The monoisotopic (exact) mass is 427 g/mol. The Bertz CT molecular complexity index is 1210. The van der Waals surface area contributed by atoms with Crippen molar-refractivity contribution in [2.75, 3.05) is 43.6 Å². The number of hydrogen-bond acceptors (Lipinski definition) is 7. The number of nitrogens with one attached hydrogen (secondary N) is 1. The summed E-state index contributed by atoms with van der Waals surface area (Å²) in [5, 5.41) is 5.58. The highest BCUT2D eigenvalue weighted by molar-refractivity contribution is 5.98. The van der Waals surface area contributed by atoms with Crippen LogP contribution in [0.15, 0.2) is 67.0 Å². The van der Waals surface area contributed by atoms with Gasteiger partial charge in [0.1, 0.15) is 5.75 Å². The number of ether oxygens (including phenoxy) is 2. The summed E-state index contributed by atoms with van der Waals surface area (Å²) in [4.78, 5) is 15.9. The molecular formula is C25H25N5O2. The molecule has 0 bridgehead atoms. The van der Waals surface area contributed by atoms with Crippen LogP contribution in [0.1, 0.15) is 5.69 Å². The Labute approximate surface area is 187 Å². The van der Waals surface area contributed by atoms with E-state index in [0.717, 1.165) is 59.8 Å². The molecule has 1 aliphatic heterocycles. The first-order chi connectivity index (χ1) is 15.8. The second-order valence-corrected chi connectivity index (χ2v) is 7.62. The molecule has 0 aliphatic carbocycles. The predicted octanol–water partition coefficient (Wildman–Crippen LogP) is 4.15. The topological polar surface area (TPSA) is 72.4 Å². The first-order valence-electron chi connectivity index (χ1n) is 10.7. The molecule has 0 amide bonds. The van der Waals surface area contributed by atoms with Crippen LogP contribution in [0.5, 0.6) is 5.75 Å². The average molecular weight is 428 g/mol. The van der Waals surface area contributed by atoms with Crippen molar-refractivity contribution in [3.8, 4) is 17.0 Å². The Morgan fingerprint density at radius 2 is 1.91 bits per heavy atom. The Hall–Kier alpha value is -3.71. The van der Waals surface area contributed by atoms with E-state index in [1.54, 1.807) is 19.5 Å². The van der Waals surface area contributed by atoms with Gasteiger partial charge in [-0.25, -0.2) is 9.97 Å². The maximum atomic E-state index is 5.57. The normalized spacial score (nSPS) is 13.8. The van der Waals surface area contributed by atoms with E-state index in [-0.39, 0.29) is 0 Å². The molecule has 4 aromatic rings. The number of fused-ring (bicyclic) bond motifs is 1.